The smallest absolute Gasteiger partial charge is 0.285 e. The molecule has 3 aromatic heterocycles. The number of amides is 1. The first kappa shape index (κ1) is 16.5. The first-order chi connectivity index (χ1) is 12.5. The molecular weight excluding hydrogens is 334 g/mol. The van der Waals surface area contributed by atoms with Gasteiger partial charge in [-0.25, -0.2) is 9.50 Å². The zero-order valence-corrected chi connectivity index (χ0v) is 14.3. The van der Waals surface area contributed by atoms with Gasteiger partial charge in [-0.05, 0) is 31.0 Å². The SMILES string of the molecule is Cc1cc2ncc(C(=O)N3C[C@@H](Cc4ccncc4)[C@H](O)C3)c(=O)n2[nH]1. The fraction of sp³-hybridized carbons (Fsp3) is 0.333. The summed E-state index contributed by atoms with van der Waals surface area (Å²) in [6, 6.07) is 5.53. The van der Waals surface area contributed by atoms with E-state index in [1.54, 1.807) is 18.5 Å². The summed E-state index contributed by atoms with van der Waals surface area (Å²) in [6.45, 7) is 2.42. The van der Waals surface area contributed by atoms with Crippen LogP contribution in [0.2, 0.25) is 0 Å². The summed E-state index contributed by atoms with van der Waals surface area (Å²) in [5.41, 5.74) is 1.89. The first-order valence-electron chi connectivity index (χ1n) is 8.46. The van der Waals surface area contributed by atoms with E-state index >= 15 is 0 Å². The molecule has 134 valence electrons. The second-order valence-electron chi connectivity index (χ2n) is 6.71. The molecule has 4 heterocycles. The van der Waals surface area contributed by atoms with Gasteiger partial charge in [0.05, 0.1) is 6.10 Å². The van der Waals surface area contributed by atoms with Crippen molar-refractivity contribution >= 4 is 11.6 Å². The van der Waals surface area contributed by atoms with Crippen LogP contribution in [0.5, 0.6) is 0 Å². The van der Waals surface area contributed by atoms with Crippen molar-refractivity contribution in [2.45, 2.75) is 19.4 Å². The largest absolute Gasteiger partial charge is 0.391 e. The molecule has 3 aromatic rings. The Hall–Kier alpha value is -3.00. The van der Waals surface area contributed by atoms with Crippen molar-refractivity contribution in [3.05, 3.63) is 64.0 Å². The number of aromatic nitrogens is 4. The lowest BCUT2D eigenvalue weighted by Crippen LogP contribution is -2.35. The number of H-pyrrole nitrogens is 1. The number of hydrogen-bond acceptors (Lipinski definition) is 5. The van der Waals surface area contributed by atoms with Gasteiger partial charge in [0.15, 0.2) is 5.65 Å². The van der Waals surface area contributed by atoms with Crippen LogP contribution in [0.25, 0.3) is 5.65 Å². The molecule has 1 saturated heterocycles. The van der Waals surface area contributed by atoms with Crippen molar-refractivity contribution in [2.24, 2.45) is 5.92 Å². The highest BCUT2D eigenvalue weighted by atomic mass is 16.3. The fourth-order valence-electron chi connectivity index (χ4n) is 3.44. The molecule has 0 saturated carbocycles. The molecule has 0 spiro atoms. The average Bonchev–Trinajstić information content (AvgIpc) is 3.19. The molecule has 26 heavy (non-hydrogen) atoms. The first-order valence-corrected chi connectivity index (χ1v) is 8.46. The van der Waals surface area contributed by atoms with Crippen molar-refractivity contribution in [3.8, 4) is 0 Å². The Labute approximate surface area is 149 Å². The molecule has 0 bridgehead atoms. The predicted molar refractivity (Wildman–Crippen MR) is 93.9 cm³/mol. The lowest BCUT2D eigenvalue weighted by atomic mass is 9.97. The molecule has 0 radical (unpaired) electrons. The van der Waals surface area contributed by atoms with Gasteiger partial charge in [0.25, 0.3) is 11.5 Å². The number of aliphatic hydroxyl groups is 1. The molecule has 4 rings (SSSR count). The Kier molecular flexibility index (Phi) is 4.04. The standard InChI is InChI=1S/C18H19N5O3/c1-11-6-16-20-8-14(18(26)23(16)21-11)17(25)22-9-13(15(24)10-22)7-12-2-4-19-5-3-12/h2-6,8,13,15,21,24H,7,9-10H2,1H3/t13-,15-/m1/s1. The summed E-state index contributed by atoms with van der Waals surface area (Å²) in [5.74, 6) is -0.478. The maximum absolute atomic E-state index is 12.8. The number of aliphatic hydroxyl groups excluding tert-OH is 1. The average molecular weight is 353 g/mol. The summed E-state index contributed by atoms with van der Waals surface area (Å²) in [5, 5.41) is 13.2. The lowest BCUT2D eigenvalue weighted by molar-refractivity contribution is 0.0762. The van der Waals surface area contributed by atoms with Gasteiger partial charge >= 0.3 is 0 Å². The molecule has 0 aromatic carbocycles. The van der Waals surface area contributed by atoms with Crippen LogP contribution in [-0.2, 0) is 6.42 Å². The number of nitrogens with one attached hydrogen (secondary N) is 1. The van der Waals surface area contributed by atoms with E-state index in [9.17, 15) is 14.7 Å². The van der Waals surface area contributed by atoms with Crippen molar-refractivity contribution in [1.82, 2.24) is 24.5 Å². The van der Waals surface area contributed by atoms with Crippen LogP contribution in [0.3, 0.4) is 0 Å². The monoisotopic (exact) mass is 353 g/mol. The minimum atomic E-state index is -0.626. The molecule has 0 aliphatic carbocycles. The quantitative estimate of drug-likeness (QED) is 0.709. The molecule has 2 atom stereocenters. The predicted octanol–water partition coefficient (Wildman–Crippen LogP) is 0.402. The van der Waals surface area contributed by atoms with Crippen molar-refractivity contribution < 1.29 is 9.90 Å². The maximum atomic E-state index is 12.8. The lowest BCUT2D eigenvalue weighted by Gasteiger charge is -2.15. The van der Waals surface area contributed by atoms with Crippen LogP contribution in [-0.4, -0.2) is 54.7 Å². The van der Waals surface area contributed by atoms with Crippen LogP contribution in [0.1, 0.15) is 21.6 Å². The number of fused-ring (bicyclic) bond motifs is 1. The maximum Gasteiger partial charge on any atom is 0.285 e. The Morgan fingerprint density at radius 3 is 2.88 bits per heavy atom. The normalized spacial score (nSPS) is 20.0. The molecule has 1 amide bonds. The van der Waals surface area contributed by atoms with Crippen molar-refractivity contribution in [3.63, 3.8) is 0 Å². The third-order valence-corrected chi connectivity index (χ3v) is 4.79. The molecule has 1 aliphatic heterocycles. The van der Waals surface area contributed by atoms with Crippen LogP contribution < -0.4 is 5.56 Å². The number of β-amino-alcohol motifs (C(OH)–C–C–N with tert-alkyl or cyclic N) is 1. The second kappa shape index (κ2) is 6.38. The number of aryl methyl sites for hydroxylation is 1. The van der Waals surface area contributed by atoms with Gasteiger partial charge in [0.2, 0.25) is 0 Å². The summed E-state index contributed by atoms with van der Waals surface area (Å²) in [6.07, 6.45) is 4.76. The summed E-state index contributed by atoms with van der Waals surface area (Å²) >= 11 is 0. The molecule has 8 heteroatoms. The Morgan fingerprint density at radius 2 is 2.12 bits per heavy atom. The van der Waals surface area contributed by atoms with E-state index in [2.05, 4.69) is 15.1 Å². The number of pyridine rings is 1. The number of likely N-dealkylation sites (tertiary alicyclic amines) is 1. The van der Waals surface area contributed by atoms with Gasteiger partial charge in [0.1, 0.15) is 5.56 Å². The molecule has 0 unspecified atom stereocenters. The number of hydrogen-bond donors (Lipinski definition) is 2. The van der Waals surface area contributed by atoms with Crippen LogP contribution in [0.4, 0.5) is 0 Å². The summed E-state index contributed by atoms with van der Waals surface area (Å²) < 4.78 is 1.27. The zero-order chi connectivity index (χ0) is 18.3. The van der Waals surface area contributed by atoms with Crippen LogP contribution in [0, 0.1) is 12.8 Å². The van der Waals surface area contributed by atoms with Crippen LogP contribution in [0.15, 0.2) is 41.6 Å². The number of carbonyl (C=O) groups excluding carboxylic acids is 1. The molecule has 1 fully saturated rings. The Bertz CT molecular complexity index is 1010. The fourth-order valence-corrected chi connectivity index (χ4v) is 3.44. The van der Waals surface area contributed by atoms with Crippen molar-refractivity contribution in [1.29, 1.82) is 0 Å². The third kappa shape index (κ3) is 2.88. The Balaban J connectivity index is 1.56. The van der Waals surface area contributed by atoms with Gasteiger partial charge in [-0.1, -0.05) is 0 Å². The number of rotatable bonds is 3. The minimum absolute atomic E-state index is 0.00103. The van der Waals surface area contributed by atoms with E-state index in [4.69, 9.17) is 0 Å². The highest BCUT2D eigenvalue weighted by Crippen LogP contribution is 2.22. The zero-order valence-electron chi connectivity index (χ0n) is 14.3. The van der Waals surface area contributed by atoms with E-state index in [1.165, 1.54) is 15.6 Å². The Morgan fingerprint density at radius 1 is 1.35 bits per heavy atom. The highest BCUT2D eigenvalue weighted by Gasteiger charge is 2.35. The second-order valence-corrected chi connectivity index (χ2v) is 6.71. The molecule has 8 nitrogen and oxygen atoms in total. The van der Waals surface area contributed by atoms with E-state index < -0.39 is 17.6 Å². The third-order valence-electron chi connectivity index (χ3n) is 4.79. The number of carbonyl (C=O) groups is 1. The molecule has 2 N–H and O–H groups in total. The minimum Gasteiger partial charge on any atom is -0.391 e. The summed E-state index contributed by atoms with van der Waals surface area (Å²) in [7, 11) is 0. The summed E-state index contributed by atoms with van der Waals surface area (Å²) in [4.78, 5) is 35.1. The number of nitrogens with zero attached hydrogens (tertiary/aromatic N) is 4. The molecule has 1 aliphatic rings. The number of aromatic amines is 1. The van der Waals surface area contributed by atoms with E-state index in [0.717, 1.165) is 11.3 Å². The van der Waals surface area contributed by atoms with E-state index in [1.807, 2.05) is 19.1 Å². The van der Waals surface area contributed by atoms with Crippen molar-refractivity contribution in [2.75, 3.05) is 13.1 Å². The molecular formula is C18H19N5O3. The van der Waals surface area contributed by atoms with Gasteiger partial charge in [-0.2, -0.15) is 0 Å². The van der Waals surface area contributed by atoms with Gasteiger partial charge in [-0.15, -0.1) is 0 Å². The van der Waals surface area contributed by atoms with Crippen LogP contribution >= 0.6 is 0 Å². The highest BCUT2D eigenvalue weighted by molar-refractivity contribution is 5.94. The van der Waals surface area contributed by atoms with Gasteiger partial charge in [0, 0.05) is 49.4 Å². The van der Waals surface area contributed by atoms with Gasteiger partial charge < -0.3 is 10.0 Å². The topological polar surface area (TPSA) is 104 Å². The van der Waals surface area contributed by atoms with E-state index in [0.29, 0.717) is 18.6 Å². The van der Waals surface area contributed by atoms with Gasteiger partial charge in [-0.3, -0.25) is 19.7 Å². The van der Waals surface area contributed by atoms with E-state index in [-0.39, 0.29) is 18.0 Å².